The Hall–Kier alpha value is -0.420. The Morgan fingerprint density at radius 2 is 1.50 bits per heavy atom. The van der Waals surface area contributed by atoms with Gasteiger partial charge in [0.2, 0.25) is 0 Å². The summed E-state index contributed by atoms with van der Waals surface area (Å²) in [6, 6.07) is 8.82. The minimum atomic E-state index is -4.15. The van der Waals surface area contributed by atoms with Gasteiger partial charge in [-0.1, -0.05) is 37.8 Å². The minimum Gasteiger partial charge on any atom is -0.427 e. The Morgan fingerprint density at radius 3 is 2.04 bits per heavy atom. The molecule has 1 aliphatic carbocycles. The van der Waals surface area contributed by atoms with Crippen molar-refractivity contribution in [2.75, 3.05) is 0 Å². The Balaban J connectivity index is 0.000000471. The van der Waals surface area contributed by atoms with Crippen LogP contribution in [0.3, 0.4) is 0 Å². The molecule has 1 fully saturated rings. The number of thiophene rings is 1. The van der Waals surface area contributed by atoms with Crippen LogP contribution in [0.4, 0.5) is 13.2 Å². The quantitative estimate of drug-likeness (QED) is 0.331. The van der Waals surface area contributed by atoms with E-state index < -0.39 is 37.0 Å². The maximum atomic E-state index is 13.5. The lowest BCUT2D eigenvalue weighted by Crippen LogP contribution is -4.05. The third-order valence-electron chi connectivity index (χ3n) is 4.16. The predicted octanol–water partition coefficient (Wildman–Crippen LogP) is -0.0600. The summed E-state index contributed by atoms with van der Waals surface area (Å²) in [4.78, 5) is 0.639. The largest absolute Gasteiger partial charge is 0.600 e. The van der Waals surface area contributed by atoms with Crippen molar-refractivity contribution in [3.63, 3.8) is 0 Å². The first-order chi connectivity index (χ1) is 11.3. The van der Waals surface area contributed by atoms with E-state index in [1.807, 2.05) is 18.2 Å². The van der Waals surface area contributed by atoms with Crippen LogP contribution in [0.25, 0.3) is 10.1 Å². The fourth-order valence-corrected chi connectivity index (χ4v) is 5.39. The van der Waals surface area contributed by atoms with Gasteiger partial charge in [0.15, 0.2) is 9.58 Å². The number of rotatable bonds is 1. The fourth-order valence-electron chi connectivity index (χ4n) is 3.23. The van der Waals surface area contributed by atoms with Crippen LogP contribution in [0.1, 0.15) is 49.3 Å². The summed E-state index contributed by atoms with van der Waals surface area (Å²) in [6.45, 7) is 0. The van der Waals surface area contributed by atoms with Crippen molar-refractivity contribution in [1.29, 1.82) is 0 Å². The first-order valence-corrected chi connectivity index (χ1v) is 11.5. The average molecular weight is 474 g/mol. The monoisotopic (exact) mass is 474 g/mol. The first-order valence-electron chi connectivity index (χ1n) is 7.65. The van der Waals surface area contributed by atoms with Crippen molar-refractivity contribution < 1.29 is 44.5 Å². The van der Waals surface area contributed by atoms with Crippen LogP contribution in [0.15, 0.2) is 30.3 Å². The lowest BCUT2D eigenvalue weighted by atomic mass is 9.98. The van der Waals surface area contributed by atoms with E-state index in [1.165, 1.54) is 0 Å². The zero-order valence-corrected chi connectivity index (χ0v) is 15.8. The van der Waals surface area contributed by atoms with Gasteiger partial charge in [-0.25, -0.2) is 0 Å². The molecular formula is C16H18F3IO3S. The number of alkyl halides is 3. The summed E-state index contributed by atoms with van der Waals surface area (Å²) in [6.07, 6.45) is 6.28. The molecule has 0 aliphatic heterocycles. The molecular weight excluding hydrogens is 456 g/mol. The molecule has 134 valence electrons. The molecule has 0 radical (unpaired) electrons. The summed E-state index contributed by atoms with van der Waals surface area (Å²) in [5.41, 5.74) is -4.15. The molecule has 0 saturated heterocycles. The molecule has 1 heterocycles. The van der Waals surface area contributed by atoms with Crippen LogP contribution >= 0.6 is 10.5 Å². The highest BCUT2D eigenvalue weighted by molar-refractivity contribution is 7.38. The van der Waals surface area contributed by atoms with Crippen LogP contribution < -0.4 is 31.4 Å². The van der Waals surface area contributed by atoms with Gasteiger partial charge in [-0.05, 0) is 25.0 Å². The highest BCUT2D eigenvalue weighted by Gasteiger charge is 2.49. The molecule has 2 aromatic rings. The number of hydrogen-bond acceptors (Lipinski definition) is 3. The number of halogens is 4. The topological polar surface area (TPSA) is 69.2 Å². The Bertz CT molecular complexity index is 647. The van der Waals surface area contributed by atoms with Crippen molar-refractivity contribution in [3.05, 3.63) is 35.2 Å². The third-order valence-corrected chi connectivity index (χ3v) is 6.36. The lowest BCUT2D eigenvalue weighted by molar-refractivity contribution is -1.73. The molecule has 3 rings (SSSR count). The zero-order valence-electron chi connectivity index (χ0n) is 12.9. The summed E-state index contributed by atoms with van der Waals surface area (Å²) < 4.78 is 66.7. The first kappa shape index (κ1) is 19.9. The Morgan fingerprint density at radius 1 is 0.958 bits per heavy atom. The van der Waals surface area contributed by atoms with Gasteiger partial charge in [-0.3, -0.25) is 0 Å². The maximum absolute atomic E-state index is 13.5. The van der Waals surface area contributed by atoms with Gasteiger partial charge in [0, 0.05) is 17.4 Å². The van der Waals surface area contributed by atoms with E-state index in [9.17, 15) is 13.2 Å². The zero-order chi connectivity index (χ0) is 17.7. The van der Waals surface area contributed by atoms with Gasteiger partial charge in [-0.15, -0.1) is 13.2 Å². The summed E-state index contributed by atoms with van der Waals surface area (Å²) in [5.74, 6) is 0.120. The van der Waals surface area contributed by atoms with Crippen LogP contribution in [0, 0.1) is 0 Å². The molecule has 1 aliphatic rings. The van der Waals surface area contributed by atoms with Crippen molar-refractivity contribution in [1.82, 2.24) is 0 Å². The SMILES string of the molecule is FC(F)(F)[s+]1c(C2CCCCCC2)cc2ccccc21.[O-][I+2]([O-])[O-]. The molecule has 0 bridgehead atoms. The van der Waals surface area contributed by atoms with Crippen LogP contribution in [0.2, 0.25) is 0 Å². The Kier molecular flexibility index (Phi) is 7.29. The standard InChI is InChI=1S/C16H18F3S.IO3/c17-16(18,19)20-14-10-6-5-9-13(14)11-15(20)12-7-3-1-2-4-8-12;2-1(3)4/h5-6,9-12H,1-4,7-8H2;/q+1;-1. The minimum absolute atomic E-state index is 0.120. The smallest absolute Gasteiger partial charge is 0.427 e. The normalized spacial score (nSPS) is 17.5. The summed E-state index contributed by atoms with van der Waals surface area (Å²) in [5, 5.41) is 0.771. The highest BCUT2D eigenvalue weighted by Crippen LogP contribution is 2.54. The van der Waals surface area contributed by atoms with E-state index in [1.54, 1.807) is 12.1 Å². The van der Waals surface area contributed by atoms with E-state index >= 15 is 0 Å². The van der Waals surface area contributed by atoms with E-state index in [2.05, 4.69) is 0 Å². The second-order valence-electron chi connectivity index (χ2n) is 5.71. The molecule has 8 heteroatoms. The molecule has 1 aromatic carbocycles. The third kappa shape index (κ3) is 5.29. The number of hydrogen-bond donors (Lipinski definition) is 0. The van der Waals surface area contributed by atoms with Gasteiger partial charge in [0.25, 0.3) is 21.1 Å². The van der Waals surface area contributed by atoms with Crippen LogP contribution in [-0.4, -0.2) is 0 Å². The number of fused-ring (bicyclic) bond motifs is 1. The predicted molar refractivity (Wildman–Crippen MR) is 78.2 cm³/mol. The van der Waals surface area contributed by atoms with Crippen LogP contribution in [-0.2, 0) is 5.51 Å². The van der Waals surface area contributed by atoms with Gasteiger partial charge in [0.05, 0.1) is 10.5 Å². The van der Waals surface area contributed by atoms with Crippen molar-refractivity contribution >= 4 is 20.6 Å². The number of benzene rings is 1. The second-order valence-corrected chi connectivity index (χ2v) is 8.78. The molecule has 24 heavy (non-hydrogen) atoms. The molecule has 0 spiro atoms. The fraction of sp³-hybridized carbons (Fsp3) is 0.500. The maximum Gasteiger partial charge on any atom is 0.600 e. The second kappa shape index (κ2) is 8.79. The van der Waals surface area contributed by atoms with Gasteiger partial charge < -0.3 is 10.3 Å². The lowest BCUT2D eigenvalue weighted by Gasteiger charge is -2.10. The summed E-state index contributed by atoms with van der Waals surface area (Å²) >= 11 is -4.01. The van der Waals surface area contributed by atoms with Gasteiger partial charge in [0.1, 0.15) is 0 Å². The van der Waals surface area contributed by atoms with E-state index in [0.717, 1.165) is 43.9 Å². The molecule has 0 N–H and O–H groups in total. The average Bonchev–Trinajstić information content (AvgIpc) is 2.67. The van der Waals surface area contributed by atoms with Gasteiger partial charge in [-0.2, -0.15) is 0 Å². The molecule has 0 amide bonds. The van der Waals surface area contributed by atoms with E-state index in [4.69, 9.17) is 10.3 Å². The van der Waals surface area contributed by atoms with Crippen molar-refractivity contribution in [3.8, 4) is 0 Å². The van der Waals surface area contributed by atoms with Crippen molar-refractivity contribution in [2.45, 2.75) is 50.0 Å². The van der Waals surface area contributed by atoms with E-state index in [-0.39, 0.29) is 5.92 Å². The molecule has 1 atom stereocenters. The Labute approximate surface area is 150 Å². The van der Waals surface area contributed by atoms with Gasteiger partial charge >= 0.3 is 5.51 Å². The molecule has 1 aromatic heterocycles. The highest BCUT2D eigenvalue weighted by atomic mass is 127. The molecule has 1 unspecified atom stereocenters. The molecule has 1 saturated carbocycles. The molecule has 3 nitrogen and oxygen atoms in total. The summed E-state index contributed by atoms with van der Waals surface area (Å²) in [7, 11) is -1.70. The van der Waals surface area contributed by atoms with Crippen LogP contribution in [0.5, 0.6) is 0 Å². The van der Waals surface area contributed by atoms with E-state index in [0.29, 0.717) is 9.58 Å². The van der Waals surface area contributed by atoms with Crippen molar-refractivity contribution in [2.24, 2.45) is 0 Å².